The Bertz CT molecular complexity index is 1280. The molecule has 0 saturated carbocycles. The van der Waals surface area contributed by atoms with Crippen LogP contribution in [0.25, 0.3) is 15.9 Å². The van der Waals surface area contributed by atoms with Gasteiger partial charge in [-0.3, -0.25) is 14.0 Å². The lowest BCUT2D eigenvalue weighted by Crippen LogP contribution is -2.18. The Hall–Kier alpha value is -2.93. The first kappa shape index (κ1) is 19.1. The van der Waals surface area contributed by atoms with E-state index < -0.39 is 0 Å². The summed E-state index contributed by atoms with van der Waals surface area (Å²) in [6.07, 6.45) is 8.10. The number of benzene rings is 1. The third-order valence-corrected chi connectivity index (χ3v) is 6.84. The quantitative estimate of drug-likeness (QED) is 0.474. The van der Waals surface area contributed by atoms with E-state index in [9.17, 15) is 9.59 Å². The molecule has 0 aliphatic heterocycles. The zero-order valence-electron chi connectivity index (χ0n) is 16.6. The van der Waals surface area contributed by atoms with Gasteiger partial charge < -0.3 is 9.72 Å². The van der Waals surface area contributed by atoms with Crippen LogP contribution in [0.5, 0.6) is 0 Å². The molecule has 1 aliphatic carbocycles. The van der Waals surface area contributed by atoms with E-state index in [-0.39, 0.29) is 18.1 Å². The van der Waals surface area contributed by atoms with Crippen molar-refractivity contribution in [1.29, 1.82) is 0 Å². The molecule has 0 amide bonds. The topological polar surface area (TPSA) is 76.5 Å². The number of carbonyl (C=O) groups is 1. The van der Waals surface area contributed by atoms with Gasteiger partial charge in [-0.25, -0.2) is 4.98 Å². The van der Waals surface area contributed by atoms with Crippen molar-refractivity contribution >= 4 is 33.2 Å². The van der Waals surface area contributed by atoms with Gasteiger partial charge in [0.15, 0.2) is 4.96 Å². The molecule has 0 bridgehead atoms. The lowest BCUT2D eigenvalue weighted by molar-refractivity contribution is -0.145. The molecule has 4 aromatic rings. The van der Waals surface area contributed by atoms with Crippen LogP contribution < -0.4 is 5.56 Å². The normalized spacial score (nSPS) is 13.6. The van der Waals surface area contributed by atoms with Gasteiger partial charge in [0.1, 0.15) is 6.61 Å². The Morgan fingerprint density at radius 3 is 3.03 bits per heavy atom. The number of aromatic amines is 1. The highest BCUT2D eigenvalue weighted by atomic mass is 32.1. The second kappa shape index (κ2) is 8.07. The summed E-state index contributed by atoms with van der Waals surface area (Å²) in [7, 11) is 0. The molecule has 3 heterocycles. The fourth-order valence-corrected chi connectivity index (χ4v) is 5.44. The summed E-state index contributed by atoms with van der Waals surface area (Å²) in [5, 5.41) is 1.20. The molecule has 6 nitrogen and oxygen atoms in total. The first-order chi connectivity index (χ1) is 14.7. The lowest BCUT2D eigenvalue weighted by Gasteiger charge is -2.10. The number of rotatable bonds is 6. The van der Waals surface area contributed by atoms with E-state index in [1.165, 1.54) is 21.9 Å². The maximum absolute atomic E-state index is 12.6. The number of nitrogens with one attached hydrogen (secondary N) is 1. The average molecular weight is 422 g/mol. The predicted octanol–water partition coefficient (Wildman–Crippen LogP) is 4.18. The molecular formula is C23H23N3O3S. The number of ether oxygens (including phenoxy) is 1. The Balaban J connectivity index is 1.19. The molecule has 0 unspecified atom stereocenters. The molecule has 1 N–H and O–H groups in total. The molecule has 154 valence electrons. The van der Waals surface area contributed by atoms with Crippen molar-refractivity contribution in [3.05, 3.63) is 68.7 Å². The molecule has 0 atom stereocenters. The van der Waals surface area contributed by atoms with Crippen LogP contribution in [0.15, 0.2) is 41.3 Å². The minimum absolute atomic E-state index is 0.0419. The van der Waals surface area contributed by atoms with Crippen molar-refractivity contribution in [3.8, 4) is 0 Å². The highest BCUT2D eigenvalue weighted by Gasteiger charge is 2.18. The van der Waals surface area contributed by atoms with Crippen LogP contribution in [-0.2, 0) is 35.4 Å². The predicted molar refractivity (Wildman–Crippen MR) is 117 cm³/mol. The smallest absolute Gasteiger partial charge is 0.306 e. The third kappa shape index (κ3) is 3.65. The Labute approximate surface area is 177 Å². The zero-order valence-corrected chi connectivity index (χ0v) is 17.5. The standard InChI is InChI=1S/C23H23N3O3S/c27-21-12-16(25-23-26(21)19-9-3-4-10-20(19)30-23)14-29-22(28)11-5-6-15-13-24-18-8-2-1-7-17(15)18/h1-2,7-8,12-13,24H,3-6,9-11,14H2. The van der Waals surface area contributed by atoms with Gasteiger partial charge in [0.05, 0.1) is 5.69 Å². The van der Waals surface area contributed by atoms with Gasteiger partial charge in [-0.1, -0.05) is 18.2 Å². The lowest BCUT2D eigenvalue weighted by atomic mass is 10.0. The van der Waals surface area contributed by atoms with Crippen molar-refractivity contribution in [2.45, 2.75) is 51.6 Å². The van der Waals surface area contributed by atoms with Crippen molar-refractivity contribution < 1.29 is 9.53 Å². The van der Waals surface area contributed by atoms with Crippen LogP contribution in [-0.4, -0.2) is 20.3 Å². The summed E-state index contributed by atoms with van der Waals surface area (Å²) >= 11 is 1.58. The van der Waals surface area contributed by atoms with E-state index in [1.807, 2.05) is 24.4 Å². The number of hydrogen-bond acceptors (Lipinski definition) is 5. The van der Waals surface area contributed by atoms with E-state index in [0.717, 1.165) is 43.3 Å². The van der Waals surface area contributed by atoms with Crippen LogP contribution in [0.2, 0.25) is 0 Å². The maximum atomic E-state index is 12.6. The monoisotopic (exact) mass is 421 g/mol. The van der Waals surface area contributed by atoms with Crippen molar-refractivity contribution in [2.24, 2.45) is 0 Å². The molecule has 1 aliphatic rings. The summed E-state index contributed by atoms with van der Waals surface area (Å²) in [5.74, 6) is -0.262. The van der Waals surface area contributed by atoms with Crippen LogP contribution in [0.3, 0.4) is 0 Å². The van der Waals surface area contributed by atoms with Gasteiger partial charge in [0.2, 0.25) is 0 Å². The molecule has 0 saturated heterocycles. The van der Waals surface area contributed by atoms with Gasteiger partial charge in [-0.15, -0.1) is 11.3 Å². The molecule has 7 heteroatoms. The van der Waals surface area contributed by atoms with Crippen LogP contribution >= 0.6 is 11.3 Å². The van der Waals surface area contributed by atoms with E-state index in [0.29, 0.717) is 23.5 Å². The number of para-hydroxylation sites is 1. The number of carbonyl (C=O) groups excluding carboxylic acids is 1. The number of aryl methyl sites for hydroxylation is 3. The second-order valence-electron chi connectivity index (χ2n) is 7.76. The molecule has 3 aromatic heterocycles. The fourth-order valence-electron chi connectivity index (χ4n) is 4.20. The van der Waals surface area contributed by atoms with Crippen molar-refractivity contribution in [1.82, 2.24) is 14.4 Å². The van der Waals surface area contributed by atoms with Gasteiger partial charge in [0.25, 0.3) is 5.56 Å². The van der Waals surface area contributed by atoms with E-state index in [4.69, 9.17) is 4.74 Å². The molecule has 0 spiro atoms. The van der Waals surface area contributed by atoms with Crippen molar-refractivity contribution in [2.75, 3.05) is 0 Å². The minimum Gasteiger partial charge on any atom is -0.459 e. The molecule has 0 fully saturated rings. The molecule has 30 heavy (non-hydrogen) atoms. The number of esters is 1. The van der Waals surface area contributed by atoms with Gasteiger partial charge in [-0.2, -0.15) is 0 Å². The summed E-state index contributed by atoms with van der Waals surface area (Å²) in [6.45, 7) is 0.0419. The number of hydrogen-bond donors (Lipinski definition) is 1. The molecular weight excluding hydrogens is 398 g/mol. The summed E-state index contributed by atoms with van der Waals surface area (Å²) in [4.78, 5) is 34.5. The second-order valence-corrected chi connectivity index (χ2v) is 8.82. The van der Waals surface area contributed by atoms with Crippen LogP contribution in [0.1, 0.15) is 47.5 Å². The summed E-state index contributed by atoms with van der Waals surface area (Å²) in [6, 6.07) is 9.65. The Morgan fingerprint density at radius 1 is 1.23 bits per heavy atom. The Kier molecular flexibility index (Phi) is 5.12. The number of H-pyrrole nitrogens is 1. The average Bonchev–Trinajstić information content (AvgIpc) is 3.34. The summed E-state index contributed by atoms with van der Waals surface area (Å²) in [5.41, 5.74) is 3.87. The largest absolute Gasteiger partial charge is 0.459 e. The summed E-state index contributed by atoms with van der Waals surface area (Å²) < 4.78 is 7.12. The SMILES string of the molecule is O=C(CCCc1c[nH]c2ccccc12)OCc1cc(=O)n2c3c(sc2n1)CCCC3. The van der Waals surface area contributed by atoms with E-state index in [1.54, 1.807) is 15.7 Å². The van der Waals surface area contributed by atoms with Gasteiger partial charge >= 0.3 is 5.97 Å². The maximum Gasteiger partial charge on any atom is 0.306 e. The highest BCUT2D eigenvalue weighted by Crippen LogP contribution is 2.28. The molecule has 1 aromatic carbocycles. The molecule has 0 radical (unpaired) electrons. The number of nitrogens with zero attached hydrogens (tertiary/aromatic N) is 2. The van der Waals surface area contributed by atoms with Crippen LogP contribution in [0, 0.1) is 0 Å². The van der Waals surface area contributed by atoms with E-state index >= 15 is 0 Å². The van der Waals surface area contributed by atoms with E-state index in [2.05, 4.69) is 16.0 Å². The van der Waals surface area contributed by atoms with Gasteiger partial charge in [-0.05, 0) is 50.2 Å². The van der Waals surface area contributed by atoms with Gasteiger partial charge in [0, 0.05) is 40.2 Å². The zero-order chi connectivity index (χ0) is 20.5. The molecule has 5 rings (SSSR count). The van der Waals surface area contributed by atoms with Crippen molar-refractivity contribution in [3.63, 3.8) is 0 Å². The van der Waals surface area contributed by atoms with Crippen LogP contribution in [0.4, 0.5) is 0 Å². The Morgan fingerprint density at radius 2 is 2.10 bits per heavy atom. The highest BCUT2D eigenvalue weighted by molar-refractivity contribution is 7.17. The minimum atomic E-state index is -0.262. The number of fused-ring (bicyclic) bond motifs is 4. The number of aromatic nitrogens is 3. The first-order valence-electron chi connectivity index (χ1n) is 10.4. The fraction of sp³-hybridized carbons (Fsp3) is 0.348. The third-order valence-electron chi connectivity index (χ3n) is 5.70. The number of thiazole rings is 1. The first-order valence-corrected chi connectivity index (χ1v) is 11.2.